The Balaban J connectivity index is 1.78. The predicted molar refractivity (Wildman–Crippen MR) is 106 cm³/mol. The average Bonchev–Trinajstić information content (AvgIpc) is 2.97. The Labute approximate surface area is 160 Å². The van der Waals surface area contributed by atoms with Gasteiger partial charge in [-0.3, -0.25) is 14.9 Å². The molecule has 138 valence electrons. The number of carbonyl (C=O) groups excluding carboxylic acids is 1. The number of hydrogen-bond donors (Lipinski definition) is 1. The summed E-state index contributed by atoms with van der Waals surface area (Å²) in [6.45, 7) is 0. The van der Waals surface area contributed by atoms with Gasteiger partial charge in [-0.25, -0.2) is 4.98 Å². The molecule has 0 atom stereocenters. The van der Waals surface area contributed by atoms with Crippen LogP contribution in [0.15, 0.2) is 30.3 Å². The van der Waals surface area contributed by atoms with Crippen molar-refractivity contribution in [3.63, 3.8) is 0 Å². The second-order valence-corrected chi connectivity index (χ2v) is 7.84. The van der Waals surface area contributed by atoms with Gasteiger partial charge in [-0.2, -0.15) is 0 Å². The third-order valence-electron chi connectivity index (χ3n) is 5.02. The number of pyridine rings is 1. The number of nitrogen functional groups attached to an aromatic ring is 1. The smallest absolute Gasteiger partial charge is 0.270 e. The normalized spacial score (nSPS) is 14.4. The van der Waals surface area contributed by atoms with Gasteiger partial charge < -0.3 is 5.73 Å². The van der Waals surface area contributed by atoms with Crippen molar-refractivity contribution < 1.29 is 9.72 Å². The number of nitro benzene ring substituents is 1. The first kappa shape index (κ1) is 17.6. The topological polar surface area (TPSA) is 99.1 Å². The fourth-order valence-corrected chi connectivity index (χ4v) is 4.63. The number of nitrogens with zero attached hydrogens (tertiary/aromatic N) is 2. The van der Waals surface area contributed by atoms with Crippen molar-refractivity contribution in [3.8, 4) is 0 Å². The standard InChI is InChI=1S/C20H19N3O3S/c21-17-15-11-12-6-3-1-2-4-9-16(12)22-20(15)27-19(17)18(24)13-7-5-8-14(10-13)23(25)26/h5,7-8,10-11H,1-4,6,9,21H2. The number of nitro groups is 1. The maximum Gasteiger partial charge on any atom is 0.270 e. The molecule has 0 aliphatic heterocycles. The summed E-state index contributed by atoms with van der Waals surface area (Å²) in [4.78, 5) is 29.4. The molecule has 1 aliphatic carbocycles. The fraction of sp³-hybridized carbons (Fsp3) is 0.300. The van der Waals surface area contributed by atoms with Crippen molar-refractivity contribution >= 4 is 38.7 Å². The highest BCUT2D eigenvalue weighted by Crippen LogP contribution is 2.36. The van der Waals surface area contributed by atoms with Crippen LogP contribution < -0.4 is 5.73 Å². The minimum atomic E-state index is -0.507. The van der Waals surface area contributed by atoms with Crippen molar-refractivity contribution in [1.82, 2.24) is 4.98 Å². The van der Waals surface area contributed by atoms with Crippen molar-refractivity contribution in [3.05, 3.63) is 62.1 Å². The number of nitrogens with two attached hydrogens (primary N) is 1. The van der Waals surface area contributed by atoms with Gasteiger partial charge in [-0.05, 0) is 37.3 Å². The van der Waals surface area contributed by atoms with E-state index in [0.29, 0.717) is 10.6 Å². The number of benzene rings is 1. The minimum absolute atomic E-state index is 0.110. The lowest BCUT2D eigenvalue weighted by atomic mass is 9.96. The predicted octanol–water partition coefficient (Wildman–Crippen LogP) is 4.68. The highest BCUT2D eigenvalue weighted by Gasteiger charge is 2.22. The van der Waals surface area contributed by atoms with Crippen molar-refractivity contribution in [2.24, 2.45) is 0 Å². The van der Waals surface area contributed by atoms with E-state index in [1.54, 1.807) is 6.07 Å². The van der Waals surface area contributed by atoms with E-state index in [1.165, 1.54) is 47.9 Å². The lowest BCUT2D eigenvalue weighted by molar-refractivity contribution is -0.384. The van der Waals surface area contributed by atoms with Gasteiger partial charge in [0.05, 0.1) is 10.6 Å². The molecule has 0 spiro atoms. The molecule has 0 saturated heterocycles. The van der Waals surface area contributed by atoms with E-state index in [9.17, 15) is 14.9 Å². The third kappa shape index (κ3) is 3.30. The van der Waals surface area contributed by atoms with Crippen LogP contribution in [0.4, 0.5) is 11.4 Å². The van der Waals surface area contributed by atoms with E-state index in [-0.39, 0.29) is 17.0 Å². The molecule has 0 bridgehead atoms. The van der Waals surface area contributed by atoms with Crippen LogP contribution in [0.3, 0.4) is 0 Å². The highest BCUT2D eigenvalue weighted by atomic mass is 32.1. The number of rotatable bonds is 3. The summed E-state index contributed by atoms with van der Waals surface area (Å²) in [7, 11) is 0. The van der Waals surface area contributed by atoms with Crippen molar-refractivity contribution in [1.29, 1.82) is 0 Å². The van der Waals surface area contributed by atoms with Gasteiger partial charge in [0.2, 0.25) is 5.78 Å². The van der Waals surface area contributed by atoms with Gasteiger partial charge in [0.1, 0.15) is 9.71 Å². The maximum atomic E-state index is 12.9. The number of carbonyl (C=O) groups is 1. The van der Waals surface area contributed by atoms with E-state index in [4.69, 9.17) is 10.7 Å². The van der Waals surface area contributed by atoms with Gasteiger partial charge >= 0.3 is 0 Å². The monoisotopic (exact) mass is 381 g/mol. The van der Waals surface area contributed by atoms with Crippen LogP contribution in [-0.4, -0.2) is 15.7 Å². The van der Waals surface area contributed by atoms with Gasteiger partial charge in [-0.15, -0.1) is 11.3 Å². The minimum Gasteiger partial charge on any atom is -0.397 e. The molecule has 1 aromatic carbocycles. The summed E-state index contributed by atoms with van der Waals surface area (Å²) in [5.74, 6) is -0.299. The molecule has 7 heteroatoms. The van der Waals surface area contributed by atoms with E-state index in [0.717, 1.165) is 41.6 Å². The molecule has 2 N–H and O–H groups in total. The molecule has 3 aromatic rings. The van der Waals surface area contributed by atoms with Crippen LogP contribution >= 0.6 is 11.3 Å². The molecule has 2 aromatic heterocycles. The third-order valence-corrected chi connectivity index (χ3v) is 6.14. The van der Waals surface area contributed by atoms with Crippen LogP contribution in [0.2, 0.25) is 0 Å². The molecule has 6 nitrogen and oxygen atoms in total. The molecule has 27 heavy (non-hydrogen) atoms. The molecular formula is C20H19N3O3S. The molecule has 0 radical (unpaired) electrons. The molecule has 0 saturated carbocycles. The van der Waals surface area contributed by atoms with Crippen molar-refractivity contribution in [2.45, 2.75) is 38.5 Å². The SMILES string of the molecule is Nc1c(C(=O)c2cccc([N+](=O)[O-])c2)sc2nc3c(cc12)CCCCCC3. The second-order valence-electron chi connectivity index (χ2n) is 6.84. The first-order chi connectivity index (χ1) is 13.0. The summed E-state index contributed by atoms with van der Waals surface area (Å²) in [6.07, 6.45) is 6.67. The van der Waals surface area contributed by atoms with E-state index in [1.807, 2.05) is 0 Å². The number of fused-ring (bicyclic) bond motifs is 2. The Bertz CT molecular complexity index is 1060. The Kier molecular flexibility index (Phi) is 4.61. The Hall–Kier alpha value is -2.80. The van der Waals surface area contributed by atoms with Crippen molar-refractivity contribution in [2.75, 3.05) is 5.73 Å². The first-order valence-corrected chi connectivity index (χ1v) is 9.86. The quantitative estimate of drug-likeness (QED) is 0.403. The van der Waals surface area contributed by atoms with Crippen LogP contribution in [0.25, 0.3) is 10.2 Å². The maximum absolute atomic E-state index is 12.9. The Morgan fingerprint density at radius 3 is 2.70 bits per heavy atom. The second kappa shape index (κ2) is 7.08. The molecule has 0 unspecified atom stereocenters. The van der Waals surface area contributed by atoms with Gasteiger partial charge in [0.15, 0.2) is 0 Å². The Morgan fingerprint density at radius 1 is 1.15 bits per heavy atom. The first-order valence-electron chi connectivity index (χ1n) is 9.04. The lowest BCUT2D eigenvalue weighted by Crippen LogP contribution is -2.03. The van der Waals surface area contributed by atoms with Crippen LogP contribution in [-0.2, 0) is 12.8 Å². The van der Waals surface area contributed by atoms with Crippen LogP contribution in [0, 0.1) is 10.1 Å². The fourth-order valence-electron chi connectivity index (χ4n) is 3.57. The average molecular weight is 381 g/mol. The number of thiophene rings is 1. The molecular weight excluding hydrogens is 362 g/mol. The number of ketones is 1. The number of non-ortho nitro benzene ring substituents is 1. The lowest BCUT2D eigenvalue weighted by Gasteiger charge is -2.12. The van der Waals surface area contributed by atoms with E-state index in [2.05, 4.69) is 6.07 Å². The van der Waals surface area contributed by atoms with E-state index >= 15 is 0 Å². The highest BCUT2D eigenvalue weighted by molar-refractivity contribution is 7.21. The largest absolute Gasteiger partial charge is 0.397 e. The summed E-state index contributed by atoms with van der Waals surface area (Å²) >= 11 is 1.27. The van der Waals surface area contributed by atoms with Gasteiger partial charge in [0.25, 0.3) is 5.69 Å². The summed E-state index contributed by atoms with van der Waals surface area (Å²) in [5.41, 5.74) is 9.20. The van der Waals surface area contributed by atoms with Gasteiger partial charge in [0, 0.05) is 28.8 Å². The summed E-state index contributed by atoms with van der Waals surface area (Å²) in [6, 6.07) is 7.83. The molecule has 0 amide bonds. The Morgan fingerprint density at radius 2 is 1.93 bits per heavy atom. The number of anilines is 1. The molecule has 1 aliphatic rings. The number of hydrogen-bond acceptors (Lipinski definition) is 6. The molecule has 4 rings (SSSR count). The summed E-state index contributed by atoms with van der Waals surface area (Å²) in [5, 5.41) is 11.8. The molecule has 2 heterocycles. The zero-order valence-electron chi connectivity index (χ0n) is 14.7. The van der Waals surface area contributed by atoms with E-state index < -0.39 is 4.92 Å². The van der Waals surface area contributed by atoms with Gasteiger partial charge in [-0.1, -0.05) is 25.0 Å². The zero-order chi connectivity index (χ0) is 19.0. The number of aromatic nitrogens is 1. The zero-order valence-corrected chi connectivity index (χ0v) is 15.6. The number of aryl methyl sites for hydroxylation is 2. The van der Waals surface area contributed by atoms with Crippen LogP contribution in [0.5, 0.6) is 0 Å². The van der Waals surface area contributed by atoms with Crippen LogP contribution in [0.1, 0.15) is 52.2 Å². The molecule has 0 fully saturated rings. The summed E-state index contributed by atoms with van der Waals surface area (Å²) < 4.78 is 0.